The van der Waals surface area contributed by atoms with Crippen molar-refractivity contribution in [2.24, 2.45) is 0 Å². The van der Waals surface area contributed by atoms with Crippen LogP contribution in [0.15, 0.2) is 60.7 Å². The van der Waals surface area contributed by atoms with E-state index in [1.807, 2.05) is 72.6 Å². The Bertz CT molecular complexity index is 568. The van der Waals surface area contributed by atoms with E-state index < -0.39 is 11.5 Å². The van der Waals surface area contributed by atoms with E-state index in [9.17, 15) is 9.90 Å². The van der Waals surface area contributed by atoms with Gasteiger partial charge in [-0.2, -0.15) is 0 Å². The third-order valence-corrected chi connectivity index (χ3v) is 3.78. The van der Waals surface area contributed by atoms with Gasteiger partial charge in [-0.25, -0.2) is 4.79 Å². The minimum atomic E-state index is -1.04. The number of hydrogen-bond acceptors (Lipinski definition) is 2. The van der Waals surface area contributed by atoms with E-state index in [2.05, 4.69) is 0 Å². The average molecular weight is 269 g/mol. The molecule has 2 aromatic carbocycles. The van der Waals surface area contributed by atoms with Crippen LogP contribution in [-0.2, 0) is 16.9 Å². The number of hydrogen-bond donors (Lipinski definition) is 1. The molecule has 0 aliphatic heterocycles. The summed E-state index contributed by atoms with van der Waals surface area (Å²) in [4.78, 5) is 13.7. The molecule has 104 valence electrons. The molecule has 1 atom stereocenters. The highest BCUT2D eigenvalue weighted by Gasteiger charge is 2.39. The first-order valence-electron chi connectivity index (χ1n) is 6.59. The highest BCUT2D eigenvalue weighted by atomic mass is 16.4. The van der Waals surface area contributed by atoms with Crippen LogP contribution in [0.5, 0.6) is 0 Å². The molecule has 2 rings (SSSR count). The molecular weight excluding hydrogens is 250 g/mol. The van der Waals surface area contributed by atoms with E-state index >= 15 is 0 Å². The first kappa shape index (κ1) is 14.3. The smallest absolute Gasteiger partial charge is 0.328 e. The molecule has 0 amide bonds. The van der Waals surface area contributed by atoms with Gasteiger partial charge in [0.15, 0.2) is 0 Å². The van der Waals surface area contributed by atoms with Gasteiger partial charge in [-0.1, -0.05) is 60.7 Å². The van der Waals surface area contributed by atoms with Crippen LogP contribution in [-0.4, -0.2) is 23.0 Å². The summed E-state index contributed by atoms with van der Waals surface area (Å²) < 4.78 is 0. The van der Waals surface area contributed by atoms with Crippen LogP contribution in [0.1, 0.15) is 18.1 Å². The maximum atomic E-state index is 11.8. The van der Waals surface area contributed by atoms with Crippen LogP contribution in [0.4, 0.5) is 0 Å². The largest absolute Gasteiger partial charge is 0.480 e. The van der Waals surface area contributed by atoms with E-state index in [-0.39, 0.29) is 0 Å². The number of rotatable bonds is 5. The molecule has 0 saturated carbocycles. The summed E-state index contributed by atoms with van der Waals surface area (Å²) in [5, 5.41) is 9.69. The maximum Gasteiger partial charge on any atom is 0.328 e. The number of aliphatic carboxylic acids is 1. The lowest BCUT2D eigenvalue weighted by Gasteiger charge is -2.35. The minimum absolute atomic E-state index is 0.582. The summed E-state index contributed by atoms with van der Waals surface area (Å²) >= 11 is 0. The van der Waals surface area contributed by atoms with Crippen LogP contribution in [0, 0.1) is 0 Å². The predicted octanol–water partition coefficient (Wildman–Crippen LogP) is 3.12. The van der Waals surface area contributed by atoms with E-state index in [4.69, 9.17) is 0 Å². The molecule has 1 N–H and O–H groups in total. The second-order valence-corrected chi connectivity index (χ2v) is 5.09. The number of benzene rings is 2. The molecule has 3 heteroatoms. The zero-order valence-corrected chi connectivity index (χ0v) is 11.8. The standard InChI is InChI=1S/C17H19NO2/c1-17(16(19)20,15-11-7-4-8-12-15)18(2)13-14-9-5-3-6-10-14/h3-12H,13H2,1-2H3,(H,19,20)/t17-/m0/s1. The SMILES string of the molecule is CN(Cc1ccccc1)[C@](C)(C(=O)O)c1ccccc1. The summed E-state index contributed by atoms with van der Waals surface area (Å²) in [7, 11) is 1.84. The van der Waals surface area contributed by atoms with Crippen molar-refractivity contribution >= 4 is 5.97 Å². The molecular formula is C17H19NO2. The normalized spacial score (nSPS) is 13.9. The average Bonchev–Trinajstić information content (AvgIpc) is 2.48. The Morgan fingerprint density at radius 3 is 2.05 bits per heavy atom. The van der Waals surface area contributed by atoms with Gasteiger partial charge >= 0.3 is 5.97 Å². The first-order valence-corrected chi connectivity index (χ1v) is 6.59. The lowest BCUT2D eigenvalue weighted by molar-refractivity contribution is -0.150. The first-order chi connectivity index (χ1) is 9.55. The summed E-state index contributed by atoms with van der Waals surface area (Å²) in [6, 6.07) is 19.2. The molecule has 0 aliphatic carbocycles. The van der Waals surface area contributed by atoms with Crippen molar-refractivity contribution < 1.29 is 9.90 Å². The lowest BCUT2D eigenvalue weighted by atomic mass is 9.90. The Labute approximate surface area is 119 Å². The monoisotopic (exact) mass is 269 g/mol. The van der Waals surface area contributed by atoms with Crippen molar-refractivity contribution in [3.8, 4) is 0 Å². The fraction of sp³-hybridized carbons (Fsp3) is 0.235. The van der Waals surface area contributed by atoms with Gasteiger partial charge < -0.3 is 5.11 Å². The molecule has 0 radical (unpaired) electrons. The Morgan fingerprint density at radius 1 is 1.05 bits per heavy atom. The number of carboxylic acid groups (broad SMARTS) is 1. The quantitative estimate of drug-likeness (QED) is 0.906. The molecule has 2 aromatic rings. The molecule has 0 aromatic heterocycles. The van der Waals surface area contributed by atoms with Gasteiger partial charge in [0.25, 0.3) is 0 Å². The van der Waals surface area contributed by atoms with Crippen molar-refractivity contribution in [2.45, 2.75) is 19.0 Å². The van der Waals surface area contributed by atoms with Gasteiger partial charge in [0.1, 0.15) is 5.54 Å². The van der Waals surface area contributed by atoms with Crippen LogP contribution >= 0.6 is 0 Å². The summed E-state index contributed by atoms with van der Waals surface area (Å²) in [5.41, 5.74) is 0.834. The van der Waals surface area contributed by atoms with Crippen LogP contribution in [0.2, 0.25) is 0 Å². The molecule has 0 bridgehead atoms. The fourth-order valence-corrected chi connectivity index (χ4v) is 2.29. The molecule has 3 nitrogen and oxygen atoms in total. The third kappa shape index (κ3) is 2.73. The van der Waals surface area contributed by atoms with Gasteiger partial charge in [-0.3, -0.25) is 4.90 Å². The Morgan fingerprint density at radius 2 is 1.55 bits per heavy atom. The molecule has 0 aliphatic rings. The van der Waals surface area contributed by atoms with Crippen molar-refractivity contribution in [2.75, 3.05) is 7.05 Å². The third-order valence-electron chi connectivity index (χ3n) is 3.78. The van der Waals surface area contributed by atoms with Gasteiger partial charge in [-0.05, 0) is 25.1 Å². The number of nitrogens with zero attached hydrogens (tertiary/aromatic N) is 1. The van der Waals surface area contributed by atoms with Crippen LogP contribution < -0.4 is 0 Å². The van der Waals surface area contributed by atoms with Gasteiger partial charge in [0.05, 0.1) is 0 Å². The fourth-order valence-electron chi connectivity index (χ4n) is 2.29. The van der Waals surface area contributed by atoms with E-state index in [0.29, 0.717) is 6.54 Å². The minimum Gasteiger partial charge on any atom is -0.480 e. The lowest BCUT2D eigenvalue weighted by Crippen LogP contribution is -2.47. The summed E-state index contributed by atoms with van der Waals surface area (Å²) in [5.74, 6) is -0.845. The molecule has 0 unspecified atom stereocenters. The van der Waals surface area contributed by atoms with Gasteiger partial charge in [0.2, 0.25) is 0 Å². The Kier molecular flexibility index (Phi) is 4.20. The highest BCUT2D eigenvalue weighted by Crippen LogP contribution is 2.28. The zero-order chi connectivity index (χ0) is 14.6. The maximum absolute atomic E-state index is 11.8. The van der Waals surface area contributed by atoms with Crippen molar-refractivity contribution in [3.05, 3.63) is 71.8 Å². The summed E-state index contributed by atoms with van der Waals surface area (Å²) in [6.07, 6.45) is 0. The van der Waals surface area contributed by atoms with Gasteiger partial charge in [0, 0.05) is 6.54 Å². The van der Waals surface area contributed by atoms with Crippen molar-refractivity contribution in [1.29, 1.82) is 0 Å². The number of likely N-dealkylation sites (N-methyl/N-ethyl adjacent to an activating group) is 1. The topological polar surface area (TPSA) is 40.5 Å². The van der Waals surface area contributed by atoms with Gasteiger partial charge in [-0.15, -0.1) is 0 Å². The molecule has 0 heterocycles. The highest BCUT2D eigenvalue weighted by molar-refractivity contribution is 5.80. The predicted molar refractivity (Wildman–Crippen MR) is 79.3 cm³/mol. The van der Waals surface area contributed by atoms with E-state index in [1.54, 1.807) is 6.92 Å². The zero-order valence-electron chi connectivity index (χ0n) is 11.8. The molecule has 0 saturated heterocycles. The molecule has 0 spiro atoms. The molecule has 0 fully saturated rings. The summed E-state index contributed by atoms with van der Waals surface area (Å²) in [6.45, 7) is 2.33. The second-order valence-electron chi connectivity index (χ2n) is 5.09. The Balaban J connectivity index is 2.31. The number of carboxylic acids is 1. The Hall–Kier alpha value is -2.13. The van der Waals surface area contributed by atoms with Crippen LogP contribution in [0.3, 0.4) is 0 Å². The number of carbonyl (C=O) groups is 1. The molecule has 20 heavy (non-hydrogen) atoms. The second kappa shape index (κ2) is 5.88. The van der Waals surface area contributed by atoms with Crippen LogP contribution in [0.25, 0.3) is 0 Å². The van der Waals surface area contributed by atoms with Crippen molar-refractivity contribution in [1.82, 2.24) is 4.90 Å². The van der Waals surface area contributed by atoms with E-state index in [0.717, 1.165) is 11.1 Å². The van der Waals surface area contributed by atoms with Crippen molar-refractivity contribution in [3.63, 3.8) is 0 Å². The van der Waals surface area contributed by atoms with E-state index in [1.165, 1.54) is 0 Å².